The number of piperazine rings is 1. The van der Waals surface area contributed by atoms with Crippen molar-refractivity contribution < 1.29 is 5.11 Å². The number of aromatic hydroxyl groups is 1. The second kappa shape index (κ2) is 10.4. The van der Waals surface area contributed by atoms with Crippen molar-refractivity contribution in [2.45, 2.75) is 26.3 Å². The second-order valence-electron chi connectivity index (χ2n) is 10.8. The van der Waals surface area contributed by atoms with Gasteiger partial charge < -0.3 is 19.9 Å². The van der Waals surface area contributed by atoms with E-state index in [1.54, 1.807) is 50.0 Å². The third-order valence-corrected chi connectivity index (χ3v) is 7.64. The molecule has 1 saturated heterocycles. The number of anilines is 2. The van der Waals surface area contributed by atoms with Crippen molar-refractivity contribution in [1.82, 2.24) is 24.0 Å². The summed E-state index contributed by atoms with van der Waals surface area (Å²) < 4.78 is 2.97. The number of aryl methyl sites for hydroxylation is 1. The minimum absolute atomic E-state index is 0.0423. The van der Waals surface area contributed by atoms with E-state index in [9.17, 15) is 9.90 Å². The van der Waals surface area contributed by atoms with E-state index in [1.165, 1.54) is 9.13 Å². The first kappa shape index (κ1) is 26.8. The molecule has 0 atom stereocenters. The number of halogens is 1. The van der Waals surface area contributed by atoms with Crippen LogP contribution in [0.2, 0.25) is 5.02 Å². The number of rotatable bonds is 5. The molecule has 1 aliphatic rings. The van der Waals surface area contributed by atoms with E-state index >= 15 is 0 Å². The standard InChI is InChI=1S/C29H34ClN7O2/c1-29(2,3)36-13-11-35(12-14-36)24-17-20(18-33-27(24)31-4)25-26(38)21(8-9-32-25)19-6-7-23(22(30)16-19)37-15-10-34(5)28(37)39/h6-10,15-18,38H,11-14H2,1-5H3,(H,31,33). The van der Waals surface area contributed by atoms with Crippen LogP contribution in [0.15, 0.2) is 59.9 Å². The summed E-state index contributed by atoms with van der Waals surface area (Å²) in [6, 6.07) is 9.15. The van der Waals surface area contributed by atoms with Gasteiger partial charge in [-0.15, -0.1) is 0 Å². The Morgan fingerprint density at radius 3 is 2.33 bits per heavy atom. The molecule has 1 aromatic carbocycles. The second-order valence-corrected chi connectivity index (χ2v) is 11.2. The molecule has 4 heterocycles. The first-order valence-electron chi connectivity index (χ1n) is 13.0. The minimum Gasteiger partial charge on any atom is -0.505 e. The summed E-state index contributed by atoms with van der Waals surface area (Å²) in [5, 5.41) is 14.9. The summed E-state index contributed by atoms with van der Waals surface area (Å²) >= 11 is 6.59. The Bertz CT molecular complexity index is 1560. The quantitative estimate of drug-likeness (QED) is 0.376. The summed E-state index contributed by atoms with van der Waals surface area (Å²) in [4.78, 5) is 26.4. The lowest BCUT2D eigenvalue weighted by Gasteiger charge is -2.43. The van der Waals surface area contributed by atoms with E-state index in [-0.39, 0.29) is 17.0 Å². The van der Waals surface area contributed by atoms with Gasteiger partial charge in [-0.25, -0.2) is 9.78 Å². The molecule has 0 spiro atoms. The van der Waals surface area contributed by atoms with Gasteiger partial charge in [0, 0.05) is 81.7 Å². The van der Waals surface area contributed by atoms with Gasteiger partial charge in [-0.05, 0) is 50.6 Å². The van der Waals surface area contributed by atoms with Crippen LogP contribution in [0.25, 0.3) is 28.1 Å². The minimum atomic E-state index is -0.188. The van der Waals surface area contributed by atoms with Crippen LogP contribution in [-0.4, -0.2) is 67.9 Å². The molecule has 1 fully saturated rings. The summed E-state index contributed by atoms with van der Waals surface area (Å²) in [7, 11) is 3.55. The zero-order chi connectivity index (χ0) is 27.9. The smallest absolute Gasteiger partial charge is 0.332 e. The van der Waals surface area contributed by atoms with Crippen molar-refractivity contribution >= 4 is 23.1 Å². The highest BCUT2D eigenvalue weighted by molar-refractivity contribution is 6.32. The number of benzene rings is 1. The average Bonchev–Trinajstić information content (AvgIpc) is 3.25. The van der Waals surface area contributed by atoms with Crippen LogP contribution >= 0.6 is 11.6 Å². The van der Waals surface area contributed by atoms with Crippen LogP contribution in [-0.2, 0) is 7.05 Å². The molecule has 0 amide bonds. The molecule has 0 bridgehead atoms. The summed E-state index contributed by atoms with van der Waals surface area (Å²) in [6.07, 6.45) is 6.75. The van der Waals surface area contributed by atoms with Gasteiger partial charge in [0.25, 0.3) is 0 Å². The van der Waals surface area contributed by atoms with Crippen LogP contribution in [0.1, 0.15) is 20.8 Å². The lowest BCUT2D eigenvalue weighted by atomic mass is 10.0. The number of nitrogens with zero attached hydrogens (tertiary/aromatic N) is 6. The maximum Gasteiger partial charge on any atom is 0.332 e. The lowest BCUT2D eigenvalue weighted by Crippen LogP contribution is -2.53. The topological polar surface area (TPSA) is 91.5 Å². The number of pyridine rings is 2. The summed E-state index contributed by atoms with van der Waals surface area (Å²) in [5.74, 6) is 0.831. The van der Waals surface area contributed by atoms with Crippen LogP contribution in [0.5, 0.6) is 5.75 Å². The molecule has 0 aliphatic carbocycles. The molecule has 5 rings (SSSR count). The van der Waals surface area contributed by atoms with Crippen LogP contribution in [0, 0.1) is 0 Å². The number of nitrogens with one attached hydrogen (secondary N) is 1. The van der Waals surface area contributed by atoms with Gasteiger partial charge >= 0.3 is 5.69 Å². The third-order valence-electron chi connectivity index (χ3n) is 7.34. The Hall–Kier alpha value is -3.82. The van der Waals surface area contributed by atoms with Gasteiger partial charge in [0.05, 0.1) is 16.4 Å². The fourth-order valence-corrected chi connectivity index (χ4v) is 5.32. The van der Waals surface area contributed by atoms with E-state index in [2.05, 4.69) is 45.9 Å². The molecule has 4 aromatic rings. The van der Waals surface area contributed by atoms with Crippen molar-refractivity contribution in [2.75, 3.05) is 43.4 Å². The van der Waals surface area contributed by atoms with Gasteiger partial charge in [0.2, 0.25) is 0 Å². The zero-order valence-corrected chi connectivity index (χ0v) is 23.7. The van der Waals surface area contributed by atoms with E-state index in [1.807, 2.05) is 19.2 Å². The van der Waals surface area contributed by atoms with Gasteiger partial charge in [-0.3, -0.25) is 14.5 Å². The first-order chi connectivity index (χ1) is 18.6. The Balaban J connectivity index is 1.48. The van der Waals surface area contributed by atoms with Crippen LogP contribution in [0.3, 0.4) is 0 Å². The maximum absolute atomic E-state index is 12.4. The molecule has 204 valence electrons. The van der Waals surface area contributed by atoms with E-state index in [0.717, 1.165) is 43.2 Å². The highest BCUT2D eigenvalue weighted by Crippen LogP contribution is 2.39. The number of hydrogen-bond donors (Lipinski definition) is 2. The first-order valence-corrected chi connectivity index (χ1v) is 13.4. The molecule has 10 heteroatoms. The molecule has 0 radical (unpaired) electrons. The lowest BCUT2D eigenvalue weighted by molar-refractivity contribution is 0.128. The van der Waals surface area contributed by atoms with Crippen LogP contribution in [0.4, 0.5) is 11.5 Å². The fraction of sp³-hybridized carbons (Fsp3) is 0.345. The highest BCUT2D eigenvalue weighted by Gasteiger charge is 2.27. The molecule has 9 nitrogen and oxygen atoms in total. The Kier molecular flexibility index (Phi) is 7.13. The monoisotopic (exact) mass is 547 g/mol. The van der Waals surface area contributed by atoms with Crippen molar-refractivity contribution in [2.24, 2.45) is 7.05 Å². The van der Waals surface area contributed by atoms with Crippen molar-refractivity contribution in [1.29, 1.82) is 0 Å². The molecular weight excluding hydrogens is 514 g/mol. The Labute approximate surface area is 233 Å². The maximum atomic E-state index is 12.4. The molecule has 0 unspecified atom stereocenters. The molecule has 0 saturated carbocycles. The van der Waals surface area contributed by atoms with Gasteiger partial charge in [0.15, 0.2) is 0 Å². The number of aromatic nitrogens is 4. The summed E-state index contributed by atoms with van der Waals surface area (Å²) in [5.41, 5.74) is 3.97. The fourth-order valence-electron chi connectivity index (χ4n) is 5.05. The summed E-state index contributed by atoms with van der Waals surface area (Å²) in [6.45, 7) is 10.4. The zero-order valence-electron chi connectivity index (χ0n) is 22.9. The number of hydrogen-bond acceptors (Lipinski definition) is 7. The Morgan fingerprint density at radius 2 is 1.72 bits per heavy atom. The van der Waals surface area contributed by atoms with E-state index < -0.39 is 0 Å². The predicted octanol–water partition coefficient (Wildman–Crippen LogP) is 4.62. The highest BCUT2D eigenvalue weighted by atomic mass is 35.5. The van der Waals surface area contributed by atoms with Crippen molar-refractivity contribution in [3.8, 4) is 33.8 Å². The predicted molar refractivity (Wildman–Crippen MR) is 157 cm³/mol. The Morgan fingerprint density at radius 1 is 0.974 bits per heavy atom. The molecule has 2 N–H and O–H groups in total. The molecule has 1 aliphatic heterocycles. The third kappa shape index (κ3) is 5.12. The normalized spacial score (nSPS) is 14.6. The van der Waals surface area contributed by atoms with E-state index in [0.29, 0.717) is 27.5 Å². The van der Waals surface area contributed by atoms with Gasteiger partial charge in [-0.1, -0.05) is 17.7 Å². The van der Waals surface area contributed by atoms with Gasteiger partial charge in [0.1, 0.15) is 17.3 Å². The SMILES string of the molecule is CNc1ncc(-c2nccc(-c3ccc(-n4ccn(C)c4=O)c(Cl)c3)c2O)cc1N1CCN(C(C)(C)C)CC1. The van der Waals surface area contributed by atoms with Crippen molar-refractivity contribution in [3.63, 3.8) is 0 Å². The average molecular weight is 548 g/mol. The largest absolute Gasteiger partial charge is 0.505 e. The van der Waals surface area contributed by atoms with Crippen LogP contribution < -0.4 is 15.9 Å². The van der Waals surface area contributed by atoms with Gasteiger partial charge in [-0.2, -0.15) is 0 Å². The molecule has 3 aromatic heterocycles. The molecular formula is C29H34ClN7O2. The molecule has 39 heavy (non-hydrogen) atoms. The number of imidazole rings is 1. The van der Waals surface area contributed by atoms with E-state index in [4.69, 9.17) is 11.6 Å². The van der Waals surface area contributed by atoms with Crippen molar-refractivity contribution in [3.05, 3.63) is 70.6 Å².